The number of rotatable bonds is 5. The maximum Gasteiger partial charge on any atom is 0.179 e. The SMILES string of the molecule is COc1c(Cl)cc(CC2CCCCN2)cc1OC1CCCC1. The van der Waals surface area contributed by atoms with Gasteiger partial charge in [0.25, 0.3) is 0 Å². The Bertz CT molecular complexity index is 494. The summed E-state index contributed by atoms with van der Waals surface area (Å²) < 4.78 is 11.6. The van der Waals surface area contributed by atoms with E-state index < -0.39 is 0 Å². The highest BCUT2D eigenvalue weighted by atomic mass is 35.5. The van der Waals surface area contributed by atoms with E-state index in [0.29, 0.717) is 22.9 Å². The molecule has 1 N–H and O–H groups in total. The van der Waals surface area contributed by atoms with Crippen LogP contribution in [0.5, 0.6) is 11.5 Å². The van der Waals surface area contributed by atoms with Crippen LogP contribution in [0.25, 0.3) is 0 Å². The Morgan fingerprint density at radius 1 is 1.14 bits per heavy atom. The summed E-state index contributed by atoms with van der Waals surface area (Å²) >= 11 is 6.41. The summed E-state index contributed by atoms with van der Waals surface area (Å²) in [5.74, 6) is 1.49. The topological polar surface area (TPSA) is 30.5 Å². The second-order valence-electron chi connectivity index (χ2n) is 6.48. The Morgan fingerprint density at radius 2 is 1.91 bits per heavy atom. The molecule has 1 aliphatic carbocycles. The van der Waals surface area contributed by atoms with E-state index in [0.717, 1.165) is 31.6 Å². The van der Waals surface area contributed by atoms with Crippen LogP contribution < -0.4 is 14.8 Å². The zero-order valence-corrected chi connectivity index (χ0v) is 14.1. The molecule has 1 atom stereocenters. The molecule has 0 spiro atoms. The summed E-state index contributed by atoms with van der Waals surface area (Å²) in [5, 5.41) is 4.25. The largest absolute Gasteiger partial charge is 0.491 e. The van der Waals surface area contributed by atoms with E-state index in [9.17, 15) is 0 Å². The van der Waals surface area contributed by atoms with E-state index >= 15 is 0 Å². The molecule has 3 nitrogen and oxygen atoms in total. The van der Waals surface area contributed by atoms with Crippen molar-refractivity contribution in [1.29, 1.82) is 0 Å². The van der Waals surface area contributed by atoms with E-state index in [2.05, 4.69) is 11.4 Å². The Labute approximate surface area is 138 Å². The third kappa shape index (κ3) is 3.88. The van der Waals surface area contributed by atoms with Crippen molar-refractivity contribution < 1.29 is 9.47 Å². The van der Waals surface area contributed by atoms with Crippen LogP contribution in [0, 0.1) is 0 Å². The van der Waals surface area contributed by atoms with Crippen LogP contribution in [0.1, 0.15) is 50.5 Å². The molecule has 1 heterocycles. The van der Waals surface area contributed by atoms with Crippen molar-refractivity contribution in [2.75, 3.05) is 13.7 Å². The lowest BCUT2D eigenvalue weighted by Crippen LogP contribution is -2.35. The molecule has 3 rings (SSSR count). The number of hydrogen-bond acceptors (Lipinski definition) is 3. The molecule has 4 heteroatoms. The fourth-order valence-electron chi connectivity index (χ4n) is 3.59. The minimum absolute atomic E-state index is 0.313. The smallest absolute Gasteiger partial charge is 0.179 e. The monoisotopic (exact) mass is 323 g/mol. The Kier molecular flexibility index (Phi) is 5.48. The normalized spacial score (nSPS) is 22.7. The van der Waals surface area contributed by atoms with Gasteiger partial charge in [0, 0.05) is 6.04 Å². The third-order valence-electron chi connectivity index (χ3n) is 4.76. The van der Waals surface area contributed by atoms with Crippen molar-refractivity contribution >= 4 is 11.6 Å². The summed E-state index contributed by atoms with van der Waals surface area (Å²) in [7, 11) is 1.66. The van der Waals surface area contributed by atoms with Gasteiger partial charge >= 0.3 is 0 Å². The number of benzene rings is 1. The summed E-state index contributed by atoms with van der Waals surface area (Å²) in [6.07, 6.45) is 9.94. The van der Waals surface area contributed by atoms with E-state index in [1.165, 1.54) is 37.7 Å². The van der Waals surface area contributed by atoms with Gasteiger partial charge < -0.3 is 14.8 Å². The molecule has 22 heavy (non-hydrogen) atoms. The minimum atomic E-state index is 0.313. The fourth-order valence-corrected chi connectivity index (χ4v) is 3.90. The predicted octanol–water partition coefficient (Wildman–Crippen LogP) is 4.35. The molecule has 2 fully saturated rings. The first-order valence-corrected chi connectivity index (χ1v) is 8.90. The van der Waals surface area contributed by atoms with Gasteiger partial charge in [-0.15, -0.1) is 0 Å². The standard InChI is InChI=1S/C18H26ClNO2/c1-21-18-16(19)11-13(10-14-6-4-5-9-20-14)12-17(18)22-15-7-2-3-8-15/h11-12,14-15,20H,2-10H2,1H3. The first kappa shape index (κ1) is 15.9. The van der Waals surface area contributed by atoms with Gasteiger partial charge in [-0.2, -0.15) is 0 Å². The van der Waals surface area contributed by atoms with Gasteiger partial charge in [-0.05, 0) is 69.2 Å². The number of halogens is 1. The summed E-state index contributed by atoms with van der Waals surface area (Å²) in [6.45, 7) is 1.12. The second kappa shape index (κ2) is 7.56. The van der Waals surface area contributed by atoms with Crippen LogP contribution in [0.15, 0.2) is 12.1 Å². The molecule has 1 aromatic rings. The second-order valence-corrected chi connectivity index (χ2v) is 6.89. The fraction of sp³-hybridized carbons (Fsp3) is 0.667. The summed E-state index contributed by atoms with van der Waals surface area (Å²) in [6, 6.07) is 4.70. The quantitative estimate of drug-likeness (QED) is 0.873. The summed E-state index contributed by atoms with van der Waals surface area (Å²) in [5.41, 5.74) is 1.23. The van der Waals surface area contributed by atoms with Crippen LogP contribution in [-0.4, -0.2) is 25.8 Å². The maximum absolute atomic E-state index is 6.41. The molecule has 1 saturated carbocycles. The number of piperidine rings is 1. The van der Waals surface area contributed by atoms with Crippen LogP contribution in [0.3, 0.4) is 0 Å². The average Bonchev–Trinajstić information content (AvgIpc) is 3.01. The molecular weight excluding hydrogens is 298 g/mol. The lowest BCUT2D eigenvalue weighted by molar-refractivity contribution is 0.200. The number of ether oxygens (including phenoxy) is 2. The van der Waals surface area contributed by atoms with Gasteiger partial charge in [0.15, 0.2) is 11.5 Å². The first-order chi connectivity index (χ1) is 10.8. The minimum Gasteiger partial charge on any atom is -0.491 e. The molecule has 0 radical (unpaired) electrons. The molecule has 0 aromatic heterocycles. The van der Waals surface area contributed by atoms with Gasteiger partial charge in [-0.1, -0.05) is 18.0 Å². The molecule has 1 aliphatic heterocycles. The van der Waals surface area contributed by atoms with Crippen molar-refractivity contribution in [1.82, 2.24) is 5.32 Å². The molecule has 0 bridgehead atoms. The molecule has 1 unspecified atom stereocenters. The third-order valence-corrected chi connectivity index (χ3v) is 5.04. The molecule has 122 valence electrons. The van der Waals surface area contributed by atoms with Crippen LogP contribution in [0.4, 0.5) is 0 Å². The zero-order valence-electron chi connectivity index (χ0n) is 13.4. The zero-order chi connectivity index (χ0) is 15.4. The van der Waals surface area contributed by atoms with Gasteiger partial charge in [0.1, 0.15) is 0 Å². The lowest BCUT2D eigenvalue weighted by atomic mass is 9.97. The number of hydrogen-bond donors (Lipinski definition) is 1. The van der Waals surface area contributed by atoms with E-state index in [1.54, 1.807) is 7.11 Å². The van der Waals surface area contributed by atoms with Gasteiger partial charge in [-0.25, -0.2) is 0 Å². The lowest BCUT2D eigenvalue weighted by Gasteiger charge is -2.24. The van der Waals surface area contributed by atoms with E-state index in [-0.39, 0.29) is 0 Å². The predicted molar refractivity (Wildman–Crippen MR) is 90.2 cm³/mol. The molecule has 1 aromatic carbocycles. The van der Waals surface area contributed by atoms with Crippen molar-refractivity contribution in [2.24, 2.45) is 0 Å². The van der Waals surface area contributed by atoms with E-state index in [4.69, 9.17) is 21.1 Å². The average molecular weight is 324 g/mol. The molecule has 0 amide bonds. The highest BCUT2D eigenvalue weighted by molar-refractivity contribution is 6.32. The van der Waals surface area contributed by atoms with Gasteiger partial charge in [0.05, 0.1) is 18.2 Å². The molecular formula is C18H26ClNO2. The van der Waals surface area contributed by atoms with Crippen molar-refractivity contribution in [3.05, 3.63) is 22.7 Å². The highest BCUT2D eigenvalue weighted by Crippen LogP contribution is 2.38. The van der Waals surface area contributed by atoms with Crippen LogP contribution in [-0.2, 0) is 6.42 Å². The Hall–Kier alpha value is -0.930. The van der Waals surface area contributed by atoms with E-state index in [1.807, 2.05) is 6.07 Å². The van der Waals surface area contributed by atoms with Crippen LogP contribution >= 0.6 is 11.6 Å². The van der Waals surface area contributed by atoms with Crippen molar-refractivity contribution in [2.45, 2.75) is 63.5 Å². The first-order valence-electron chi connectivity index (χ1n) is 8.52. The van der Waals surface area contributed by atoms with Crippen molar-refractivity contribution in [3.8, 4) is 11.5 Å². The summed E-state index contributed by atoms with van der Waals surface area (Å²) in [4.78, 5) is 0. The molecule has 1 saturated heterocycles. The highest BCUT2D eigenvalue weighted by Gasteiger charge is 2.21. The van der Waals surface area contributed by atoms with Crippen LogP contribution in [0.2, 0.25) is 5.02 Å². The molecule has 2 aliphatic rings. The number of methoxy groups -OCH3 is 1. The Balaban J connectivity index is 1.76. The Morgan fingerprint density at radius 3 is 2.59 bits per heavy atom. The van der Waals surface area contributed by atoms with Gasteiger partial charge in [-0.3, -0.25) is 0 Å². The number of nitrogens with one attached hydrogen (secondary N) is 1. The maximum atomic E-state index is 6.41. The van der Waals surface area contributed by atoms with Gasteiger partial charge in [0.2, 0.25) is 0 Å². The van der Waals surface area contributed by atoms with Crippen molar-refractivity contribution in [3.63, 3.8) is 0 Å².